The van der Waals surface area contributed by atoms with Crippen molar-refractivity contribution in [2.45, 2.75) is 52.6 Å². The van der Waals surface area contributed by atoms with Crippen LogP contribution in [-0.2, 0) is 11.3 Å². The van der Waals surface area contributed by atoms with Crippen LogP contribution in [-0.4, -0.2) is 26.9 Å². The SMILES string of the molecule is Cc1cc(C)c(Cn2c(C3CC(=O)N(C(C)c4ccccc4)C3)nc3ccccc32)c(C)c1. The first-order valence-electron chi connectivity index (χ1n) is 11.8. The molecule has 2 unspecified atom stereocenters. The molecule has 4 heteroatoms. The van der Waals surface area contributed by atoms with Gasteiger partial charge in [-0.25, -0.2) is 4.98 Å². The third-order valence-corrected chi connectivity index (χ3v) is 7.11. The van der Waals surface area contributed by atoms with Gasteiger partial charge in [0.25, 0.3) is 0 Å². The smallest absolute Gasteiger partial charge is 0.223 e. The van der Waals surface area contributed by atoms with Crippen molar-refractivity contribution in [3.05, 3.63) is 100 Å². The molecule has 168 valence electrons. The number of amides is 1. The fraction of sp³-hybridized carbons (Fsp3) is 0.310. The monoisotopic (exact) mass is 437 g/mol. The summed E-state index contributed by atoms with van der Waals surface area (Å²) in [6, 6.07) is 23.2. The van der Waals surface area contributed by atoms with E-state index in [1.807, 2.05) is 29.2 Å². The van der Waals surface area contributed by atoms with Crippen LogP contribution in [0.1, 0.15) is 58.9 Å². The Balaban J connectivity index is 1.52. The number of hydrogen-bond donors (Lipinski definition) is 0. The van der Waals surface area contributed by atoms with Gasteiger partial charge in [-0.3, -0.25) is 4.79 Å². The number of aromatic nitrogens is 2. The molecule has 1 aliphatic heterocycles. The third kappa shape index (κ3) is 3.95. The molecule has 0 spiro atoms. The Bertz CT molecular complexity index is 1300. The first-order chi connectivity index (χ1) is 15.9. The van der Waals surface area contributed by atoms with Crippen LogP contribution in [0, 0.1) is 20.8 Å². The molecule has 1 amide bonds. The maximum absolute atomic E-state index is 13.1. The quantitative estimate of drug-likeness (QED) is 0.379. The minimum atomic E-state index is 0.0584. The summed E-state index contributed by atoms with van der Waals surface area (Å²) in [4.78, 5) is 20.2. The molecule has 1 saturated heterocycles. The van der Waals surface area contributed by atoms with E-state index in [4.69, 9.17) is 4.98 Å². The number of rotatable bonds is 5. The van der Waals surface area contributed by atoms with Crippen LogP contribution in [0.2, 0.25) is 0 Å². The Kier molecular flexibility index (Phi) is 5.53. The number of aryl methyl sites for hydroxylation is 3. The van der Waals surface area contributed by atoms with Crippen molar-refractivity contribution < 1.29 is 4.79 Å². The van der Waals surface area contributed by atoms with Gasteiger partial charge in [-0.2, -0.15) is 0 Å². The second kappa shape index (κ2) is 8.51. The molecule has 1 aromatic heterocycles. The lowest BCUT2D eigenvalue weighted by Crippen LogP contribution is -2.28. The van der Waals surface area contributed by atoms with Crippen molar-refractivity contribution in [3.63, 3.8) is 0 Å². The van der Waals surface area contributed by atoms with Gasteiger partial charge in [0, 0.05) is 25.4 Å². The van der Waals surface area contributed by atoms with Crippen molar-refractivity contribution in [1.82, 2.24) is 14.5 Å². The molecule has 4 nitrogen and oxygen atoms in total. The number of hydrogen-bond acceptors (Lipinski definition) is 2. The van der Waals surface area contributed by atoms with Crippen LogP contribution in [0.4, 0.5) is 0 Å². The van der Waals surface area contributed by atoms with Gasteiger partial charge in [-0.05, 0) is 62.1 Å². The first kappa shape index (κ1) is 21.4. The lowest BCUT2D eigenvalue weighted by atomic mass is 9.99. The lowest BCUT2D eigenvalue weighted by Gasteiger charge is -2.25. The molecule has 0 aliphatic carbocycles. The van der Waals surface area contributed by atoms with E-state index >= 15 is 0 Å². The molecule has 5 rings (SSSR count). The van der Waals surface area contributed by atoms with Crippen LogP contribution in [0.25, 0.3) is 11.0 Å². The van der Waals surface area contributed by atoms with Gasteiger partial charge in [0.1, 0.15) is 5.82 Å². The number of likely N-dealkylation sites (tertiary alicyclic amines) is 1. The second-order valence-corrected chi connectivity index (χ2v) is 9.46. The first-order valence-corrected chi connectivity index (χ1v) is 11.8. The summed E-state index contributed by atoms with van der Waals surface area (Å²) in [5.41, 5.74) is 8.54. The van der Waals surface area contributed by atoms with Gasteiger partial charge >= 0.3 is 0 Å². The molecule has 4 aromatic rings. The van der Waals surface area contributed by atoms with Gasteiger partial charge in [-0.15, -0.1) is 0 Å². The van der Waals surface area contributed by atoms with Crippen molar-refractivity contribution in [1.29, 1.82) is 0 Å². The maximum Gasteiger partial charge on any atom is 0.223 e. The summed E-state index contributed by atoms with van der Waals surface area (Å²) in [6.07, 6.45) is 0.506. The highest BCUT2D eigenvalue weighted by Crippen LogP contribution is 2.35. The van der Waals surface area contributed by atoms with E-state index in [1.165, 1.54) is 27.8 Å². The largest absolute Gasteiger partial charge is 0.335 e. The topological polar surface area (TPSA) is 38.1 Å². The number of fused-ring (bicyclic) bond motifs is 1. The Labute approximate surface area is 195 Å². The molecule has 2 heterocycles. The Morgan fingerprint density at radius 2 is 1.64 bits per heavy atom. The highest BCUT2D eigenvalue weighted by Gasteiger charge is 2.36. The summed E-state index contributed by atoms with van der Waals surface area (Å²) in [7, 11) is 0. The maximum atomic E-state index is 13.1. The summed E-state index contributed by atoms with van der Waals surface area (Å²) in [5, 5.41) is 0. The normalized spacial score (nSPS) is 17.2. The molecule has 0 bridgehead atoms. The second-order valence-electron chi connectivity index (χ2n) is 9.46. The van der Waals surface area contributed by atoms with Gasteiger partial charge in [0.05, 0.1) is 17.1 Å². The molecule has 2 atom stereocenters. The van der Waals surface area contributed by atoms with Crippen molar-refractivity contribution in [2.75, 3.05) is 6.54 Å². The van der Waals surface area contributed by atoms with Crippen molar-refractivity contribution in [3.8, 4) is 0 Å². The number of para-hydroxylation sites is 2. The van der Waals surface area contributed by atoms with E-state index in [0.717, 1.165) is 23.4 Å². The fourth-order valence-corrected chi connectivity index (χ4v) is 5.38. The Morgan fingerprint density at radius 1 is 0.970 bits per heavy atom. The summed E-state index contributed by atoms with van der Waals surface area (Å²) < 4.78 is 2.34. The van der Waals surface area contributed by atoms with Crippen LogP contribution in [0.15, 0.2) is 66.7 Å². The Hall–Kier alpha value is -3.40. The minimum Gasteiger partial charge on any atom is -0.335 e. The van der Waals surface area contributed by atoms with Crippen LogP contribution < -0.4 is 0 Å². The third-order valence-electron chi connectivity index (χ3n) is 7.11. The summed E-state index contributed by atoms with van der Waals surface area (Å²) in [5.74, 6) is 1.31. The summed E-state index contributed by atoms with van der Waals surface area (Å²) >= 11 is 0. The van der Waals surface area contributed by atoms with Gasteiger partial charge < -0.3 is 9.47 Å². The number of nitrogens with zero attached hydrogens (tertiary/aromatic N) is 3. The Morgan fingerprint density at radius 3 is 2.36 bits per heavy atom. The highest BCUT2D eigenvalue weighted by atomic mass is 16.2. The average Bonchev–Trinajstić information content (AvgIpc) is 3.36. The van der Waals surface area contributed by atoms with Crippen molar-refractivity contribution >= 4 is 16.9 Å². The molecule has 1 aliphatic rings. The van der Waals surface area contributed by atoms with Gasteiger partial charge in [0.15, 0.2) is 0 Å². The molecule has 0 saturated carbocycles. The van der Waals surface area contributed by atoms with E-state index in [0.29, 0.717) is 13.0 Å². The number of benzene rings is 3. The molecule has 3 aromatic carbocycles. The van der Waals surface area contributed by atoms with E-state index in [-0.39, 0.29) is 17.9 Å². The van der Waals surface area contributed by atoms with Crippen LogP contribution in [0.3, 0.4) is 0 Å². The highest BCUT2D eigenvalue weighted by molar-refractivity contribution is 5.81. The lowest BCUT2D eigenvalue weighted by molar-refractivity contribution is -0.129. The predicted octanol–water partition coefficient (Wildman–Crippen LogP) is 6.09. The predicted molar refractivity (Wildman–Crippen MR) is 133 cm³/mol. The molecule has 1 fully saturated rings. The number of carbonyl (C=O) groups is 1. The average molecular weight is 438 g/mol. The fourth-order valence-electron chi connectivity index (χ4n) is 5.38. The van der Waals surface area contributed by atoms with Gasteiger partial charge in [0.2, 0.25) is 5.91 Å². The molecule has 0 N–H and O–H groups in total. The molecule has 33 heavy (non-hydrogen) atoms. The zero-order chi connectivity index (χ0) is 23.1. The molecular weight excluding hydrogens is 406 g/mol. The van der Waals surface area contributed by atoms with E-state index in [2.05, 4.69) is 74.7 Å². The standard InChI is InChI=1S/C29H31N3O/c1-19-14-20(2)25(21(3)15-19)18-32-27-13-9-8-12-26(27)30-29(32)24-16-28(33)31(17-24)22(4)23-10-6-5-7-11-23/h5-15,22,24H,16-18H2,1-4H3. The van der Waals surface area contributed by atoms with E-state index < -0.39 is 0 Å². The minimum absolute atomic E-state index is 0.0584. The van der Waals surface area contributed by atoms with E-state index in [9.17, 15) is 4.79 Å². The van der Waals surface area contributed by atoms with E-state index in [1.54, 1.807) is 0 Å². The zero-order valence-corrected chi connectivity index (χ0v) is 19.9. The van der Waals surface area contributed by atoms with Gasteiger partial charge in [-0.1, -0.05) is 60.2 Å². The molecule has 0 radical (unpaired) electrons. The van der Waals surface area contributed by atoms with Crippen LogP contribution in [0.5, 0.6) is 0 Å². The number of imidazole rings is 1. The van der Waals surface area contributed by atoms with Crippen LogP contribution >= 0.6 is 0 Å². The summed E-state index contributed by atoms with van der Waals surface area (Å²) in [6.45, 7) is 10.1. The molecular formula is C29H31N3O. The van der Waals surface area contributed by atoms with Crippen molar-refractivity contribution in [2.24, 2.45) is 0 Å². The zero-order valence-electron chi connectivity index (χ0n) is 19.9. The number of carbonyl (C=O) groups excluding carboxylic acids is 1.